The average Bonchev–Trinajstić information content (AvgIpc) is 2.77. The van der Waals surface area contributed by atoms with Crippen LogP contribution < -0.4 is 11.1 Å². The normalized spacial score (nSPS) is 12.5. The summed E-state index contributed by atoms with van der Waals surface area (Å²) < 4.78 is 5.44. The van der Waals surface area contributed by atoms with Crippen molar-refractivity contribution in [3.05, 3.63) is 64.7 Å². The summed E-state index contributed by atoms with van der Waals surface area (Å²) in [6, 6.07) is 12.1. The van der Waals surface area contributed by atoms with E-state index < -0.39 is 35.1 Å². The van der Waals surface area contributed by atoms with Gasteiger partial charge in [-0.1, -0.05) is 30.3 Å². The lowest BCUT2D eigenvalue weighted by atomic mass is 9.93. The number of alkyl carbamates (subject to hydrolysis) is 1. The highest BCUT2D eigenvalue weighted by molar-refractivity contribution is 5.93. The number of primary amides is 1. The first kappa shape index (κ1) is 29.7. The second-order valence-electron chi connectivity index (χ2n) is 11.0. The van der Waals surface area contributed by atoms with Crippen LogP contribution >= 0.6 is 0 Å². The molecule has 4 N–H and O–H groups in total. The first-order valence-electron chi connectivity index (χ1n) is 12.6. The Morgan fingerprint density at radius 1 is 1.03 bits per heavy atom. The van der Waals surface area contributed by atoms with Crippen molar-refractivity contribution in [3.63, 3.8) is 0 Å². The third kappa shape index (κ3) is 8.51. The van der Waals surface area contributed by atoms with Crippen molar-refractivity contribution >= 4 is 17.9 Å². The summed E-state index contributed by atoms with van der Waals surface area (Å²) >= 11 is 0. The number of nitrogens with two attached hydrogens (primary N) is 1. The van der Waals surface area contributed by atoms with E-state index in [4.69, 9.17) is 10.5 Å². The van der Waals surface area contributed by atoms with Gasteiger partial charge >= 0.3 is 6.09 Å². The number of phenolic OH excluding ortho intramolecular Hbond substituents is 1. The summed E-state index contributed by atoms with van der Waals surface area (Å²) in [5.74, 6) is -0.956. The molecule has 8 heteroatoms. The van der Waals surface area contributed by atoms with Crippen LogP contribution in [0.2, 0.25) is 0 Å². The van der Waals surface area contributed by atoms with E-state index in [1.807, 2.05) is 44.2 Å². The summed E-state index contributed by atoms with van der Waals surface area (Å²) in [5, 5.41) is 12.7. The number of hydrogen-bond acceptors (Lipinski definition) is 5. The van der Waals surface area contributed by atoms with Crippen LogP contribution in [0, 0.1) is 13.8 Å². The molecule has 0 heterocycles. The lowest BCUT2D eigenvalue weighted by Crippen LogP contribution is -2.61. The molecule has 0 radical (unpaired) electrons. The van der Waals surface area contributed by atoms with Gasteiger partial charge in [0.15, 0.2) is 0 Å². The second-order valence-corrected chi connectivity index (χ2v) is 11.0. The molecule has 0 aliphatic carbocycles. The van der Waals surface area contributed by atoms with Crippen molar-refractivity contribution in [2.45, 2.75) is 84.9 Å². The van der Waals surface area contributed by atoms with Crippen LogP contribution in [0.3, 0.4) is 0 Å². The predicted molar refractivity (Wildman–Crippen MR) is 144 cm³/mol. The van der Waals surface area contributed by atoms with Gasteiger partial charge in [0.05, 0.1) is 0 Å². The van der Waals surface area contributed by atoms with Crippen molar-refractivity contribution in [1.29, 1.82) is 0 Å². The molecule has 0 spiro atoms. The van der Waals surface area contributed by atoms with Crippen LogP contribution in [0.5, 0.6) is 5.75 Å². The zero-order valence-electron chi connectivity index (χ0n) is 23.1. The lowest BCUT2D eigenvalue weighted by Gasteiger charge is -2.38. The van der Waals surface area contributed by atoms with Crippen molar-refractivity contribution in [3.8, 4) is 5.75 Å². The van der Waals surface area contributed by atoms with E-state index in [9.17, 15) is 19.5 Å². The SMILES string of the molecule is Cc1cc(O)cc(C)c1C[C@H](NC(=O)OC(C)(C)C)C(=O)N(CCCc1ccccc1)C(C)(C)C(N)=O. The first-order chi connectivity index (χ1) is 17.1. The number of nitrogens with one attached hydrogen (secondary N) is 1. The lowest BCUT2D eigenvalue weighted by molar-refractivity contribution is -0.146. The molecule has 0 saturated heterocycles. The fourth-order valence-electron chi connectivity index (χ4n) is 4.22. The molecule has 3 amide bonds. The number of ether oxygens (including phenoxy) is 1. The van der Waals surface area contributed by atoms with Crippen LogP contribution in [0.25, 0.3) is 0 Å². The predicted octanol–water partition coefficient (Wildman–Crippen LogP) is 4.17. The molecule has 2 aromatic carbocycles. The minimum absolute atomic E-state index is 0.124. The van der Waals surface area contributed by atoms with Gasteiger partial charge in [-0.2, -0.15) is 0 Å². The number of nitrogens with zero attached hydrogens (tertiary/aromatic N) is 1. The largest absolute Gasteiger partial charge is 0.508 e. The smallest absolute Gasteiger partial charge is 0.408 e. The summed E-state index contributed by atoms with van der Waals surface area (Å²) in [5.41, 5.74) is 7.17. The van der Waals surface area contributed by atoms with E-state index in [0.29, 0.717) is 12.8 Å². The highest BCUT2D eigenvalue weighted by atomic mass is 16.6. The minimum Gasteiger partial charge on any atom is -0.508 e. The van der Waals surface area contributed by atoms with Gasteiger partial charge in [-0.3, -0.25) is 9.59 Å². The van der Waals surface area contributed by atoms with Crippen LogP contribution in [-0.2, 0) is 27.2 Å². The topological polar surface area (TPSA) is 122 Å². The quantitative estimate of drug-likeness (QED) is 0.442. The molecular formula is C29H41N3O5. The summed E-state index contributed by atoms with van der Waals surface area (Å²) in [4.78, 5) is 40.7. The van der Waals surface area contributed by atoms with E-state index >= 15 is 0 Å². The molecular weight excluding hydrogens is 470 g/mol. The fraction of sp³-hybridized carbons (Fsp3) is 0.483. The molecule has 0 saturated carbocycles. The van der Waals surface area contributed by atoms with Gasteiger partial charge in [0, 0.05) is 13.0 Å². The Kier molecular flexibility index (Phi) is 9.73. The molecule has 0 aliphatic rings. The second kappa shape index (κ2) is 12.1. The summed E-state index contributed by atoms with van der Waals surface area (Å²) in [7, 11) is 0. The standard InChI is InChI=1S/C29H41N3O5/c1-19-16-22(33)17-20(2)23(19)18-24(31-27(36)37-28(3,4)5)25(34)32(29(6,7)26(30)35)15-11-14-21-12-9-8-10-13-21/h8-10,12-13,16-17,24,33H,11,14-15,18H2,1-7H3,(H2,30,35)(H,31,36)/t24-/m0/s1. The van der Waals surface area contributed by atoms with Crippen molar-refractivity contribution < 1.29 is 24.2 Å². The molecule has 37 heavy (non-hydrogen) atoms. The third-order valence-electron chi connectivity index (χ3n) is 6.31. The van der Waals surface area contributed by atoms with Crippen LogP contribution in [0.15, 0.2) is 42.5 Å². The summed E-state index contributed by atoms with van der Waals surface area (Å²) in [6.45, 7) is 12.4. The van der Waals surface area contributed by atoms with Crippen LogP contribution in [0.1, 0.15) is 63.3 Å². The maximum Gasteiger partial charge on any atom is 0.408 e. The van der Waals surface area contributed by atoms with E-state index in [1.54, 1.807) is 46.8 Å². The van der Waals surface area contributed by atoms with Crippen molar-refractivity contribution in [1.82, 2.24) is 10.2 Å². The number of aromatic hydroxyl groups is 1. The minimum atomic E-state index is -1.29. The Hall–Kier alpha value is -3.55. The average molecular weight is 512 g/mol. The van der Waals surface area contributed by atoms with Crippen LogP contribution in [-0.4, -0.2) is 51.6 Å². The Morgan fingerprint density at radius 2 is 1.59 bits per heavy atom. The van der Waals surface area contributed by atoms with Crippen LogP contribution in [0.4, 0.5) is 4.79 Å². The van der Waals surface area contributed by atoms with E-state index in [-0.39, 0.29) is 18.7 Å². The number of amides is 3. The zero-order valence-corrected chi connectivity index (χ0v) is 23.1. The molecule has 2 rings (SSSR count). The van der Waals surface area contributed by atoms with E-state index in [1.165, 1.54) is 4.90 Å². The van der Waals surface area contributed by atoms with Gasteiger partial charge < -0.3 is 25.8 Å². The van der Waals surface area contributed by atoms with Gasteiger partial charge in [-0.25, -0.2) is 4.79 Å². The highest BCUT2D eigenvalue weighted by Gasteiger charge is 2.40. The van der Waals surface area contributed by atoms with Gasteiger partial charge in [-0.15, -0.1) is 0 Å². The molecule has 202 valence electrons. The van der Waals surface area contributed by atoms with Gasteiger partial charge in [0.1, 0.15) is 22.9 Å². The van der Waals surface area contributed by atoms with Crippen molar-refractivity contribution in [2.24, 2.45) is 5.73 Å². The maximum absolute atomic E-state index is 14.0. The molecule has 0 unspecified atom stereocenters. The van der Waals surface area contributed by atoms with E-state index in [2.05, 4.69) is 5.32 Å². The zero-order chi connectivity index (χ0) is 28.0. The number of carbonyl (C=O) groups excluding carboxylic acids is 3. The van der Waals surface area contributed by atoms with Gasteiger partial charge in [0.25, 0.3) is 0 Å². The maximum atomic E-state index is 14.0. The third-order valence-corrected chi connectivity index (χ3v) is 6.31. The Balaban J connectivity index is 2.41. The molecule has 0 aliphatic heterocycles. The first-order valence-corrected chi connectivity index (χ1v) is 12.6. The number of benzene rings is 2. The number of aryl methyl sites for hydroxylation is 3. The highest BCUT2D eigenvalue weighted by Crippen LogP contribution is 2.24. The Morgan fingerprint density at radius 3 is 2.11 bits per heavy atom. The monoisotopic (exact) mass is 511 g/mol. The Bertz CT molecular complexity index is 1080. The van der Waals surface area contributed by atoms with Crippen molar-refractivity contribution in [2.75, 3.05) is 6.54 Å². The fourth-order valence-corrected chi connectivity index (χ4v) is 4.22. The number of carbonyl (C=O) groups is 3. The molecule has 0 fully saturated rings. The number of rotatable bonds is 10. The Labute approximate surface area is 220 Å². The van der Waals surface area contributed by atoms with E-state index in [0.717, 1.165) is 22.3 Å². The molecule has 0 bridgehead atoms. The van der Waals surface area contributed by atoms with Gasteiger partial charge in [0.2, 0.25) is 11.8 Å². The molecule has 2 aromatic rings. The number of hydrogen-bond donors (Lipinski definition) is 3. The molecule has 1 atom stereocenters. The number of phenols is 1. The molecule has 8 nitrogen and oxygen atoms in total. The summed E-state index contributed by atoms with van der Waals surface area (Å²) in [6.07, 6.45) is 0.726. The van der Waals surface area contributed by atoms with Gasteiger partial charge in [-0.05, 0) is 95.7 Å². The molecule has 0 aromatic heterocycles.